The molecule has 0 aliphatic heterocycles. The number of hydrogen-bond acceptors (Lipinski definition) is 4. The molecular weight excluding hydrogens is 286 g/mol. The van der Waals surface area contributed by atoms with Crippen LogP contribution in [0.15, 0.2) is 18.2 Å². The molecular formula is C12H14ClN3O4. The first-order valence-corrected chi connectivity index (χ1v) is 6.22. The summed E-state index contributed by atoms with van der Waals surface area (Å²) in [4.78, 5) is 35.1. The van der Waals surface area contributed by atoms with E-state index in [1.165, 1.54) is 30.1 Å². The lowest BCUT2D eigenvalue weighted by Crippen LogP contribution is -2.39. The maximum Gasteiger partial charge on any atom is 0.300 e. The number of para-hydroxylation sites is 1. The number of nitro groups is 1. The molecule has 0 heterocycles. The molecule has 8 heteroatoms. The van der Waals surface area contributed by atoms with Gasteiger partial charge in [-0.2, -0.15) is 0 Å². The van der Waals surface area contributed by atoms with Crippen LogP contribution in [0.2, 0.25) is 5.02 Å². The minimum absolute atomic E-state index is 0.114. The van der Waals surface area contributed by atoms with Gasteiger partial charge in [0.05, 0.1) is 11.5 Å². The van der Waals surface area contributed by atoms with Gasteiger partial charge in [0.2, 0.25) is 5.91 Å². The van der Waals surface area contributed by atoms with Gasteiger partial charge >= 0.3 is 5.69 Å². The summed E-state index contributed by atoms with van der Waals surface area (Å²) in [7, 11) is 1.45. The molecule has 7 nitrogen and oxygen atoms in total. The highest BCUT2D eigenvalue weighted by Crippen LogP contribution is 2.29. The first-order valence-electron chi connectivity index (χ1n) is 5.85. The van der Waals surface area contributed by atoms with E-state index in [9.17, 15) is 19.7 Å². The molecule has 0 spiro atoms. The summed E-state index contributed by atoms with van der Waals surface area (Å²) in [5, 5.41) is 13.3. The van der Waals surface area contributed by atoms with E-state index in [1.54, 1.807) is 6.92 Å². The van der Waals surface area contributed by atoms with Crippen LogP contribution in [0.5, 0.6) is 0 Å². The molecule has 1 N–H and O–H groups in total. The van der Waals surface area contributed by atoms with Gasteiger partial charge in [0.1, 0.15) is 10.6 Å². The highest BCUT2D eigenvalue weighted by Gasteiger charge is 2.27. The van der Waals surface area contributed by atoms with E-state index >= 15 is 0 Å². The van der Waals surface area contributed by atoms with Crippen LogP contribution in [-0.4, -0.2) is 41.8 Å². The topological polar surface area (TPSA) is 92.6 Å². The molecule has 20 heavy (non-hydrogen) atoms. The number of carbonyl (C=O) groups excluding carboxylic acids is 2. The van der Waals surface area contributed by atoms with E-state index in [0.717, 1.165) is 0 Å². The summed E-state index contributed by atoms with van der Waals surface area (Å²) in [6.07, 6.45) is 0. The van der Waals surface area contributed by atoms with E-state index in [0.29, 0.717) is 0 Å². The van der Waals surface area contributed by atoms with Gasteiger partial charge in [0, 0.05) is 13.6 Å². The van der Waals surface area contributed by atoms with Gasteiger partial charge < -0.3 is 10.2 Å². The second-order valence-electron chi connectivity index (χ2n) is 3.89. The lowest BCUT2D eigenvalue weighted by Gasteiger charge is -2.19. The second-order valence-corrected chi connectivity index (χ2v) is 4.29. The Bertz CT molecular complexity index is 548. The molecule has 0 saturated carbocycles. The van der Waals surface area contributed by atoms with Gasteiger partial charge in [-0.25, -0.2) is 0 Å². The number of rotatable bonds is 5. The standard InChI is InChI=1S/C12H14ClN3O4/c1-3-15(7-10(17)14-2)12(18)8-5-4-6-9(13)11(8)16(19)20/h4-6H,3,7H2,1-2H3,(H,14,17). The van der Waals surface area contributed by atoms with Crippen LogP contribution in [0.3, 0.4) is 0 Å². The number of benzene rings is 1. The van der Waals surface area contributed by atoms with Crippen LogP contribution < -0.4 is 5.32 Å². The molecule has 0 bridgehead atoms. The van der Waals surface area contributed by atoms with Crippen molar-refractivity contribution in [3.63, 3.8) is 0 Å². The highest BCUT2D eigenvalue weighted by atomic mass is 35.5. The monoisotopic (exact) mass is 299 g/mol. The Morgan fingerprint density at radius 1 is 1.45 bits per heavy atom. The fourth-order valence-electron chi connectivity index (χ4n) is 1.62. The van der Waals surface area contributed by atoms with Gasteiger partial charge in [0.15, 0.2) is 0 Å². The summed E-state index contributed by atoms with van der Waals surface area (Å²) in [6.45, 7) is 1.75. The fraction of sp³-hybridized carbons (Fsp3) is 0.333. The molecule has 0 atom stereocenters. The van der Waals surface area contributed by atoms with Crippen molar-refractivity contribution in [2.45, 2.75) is 6.92 Å². The van der Waals surface area contributed by atoms with Crippen LogP contribution in [0, 0.1) is 10.1 Å². The summed E-state index contributed by atoms with van der Waals surface area (Å²) >= 11 is 5.76. The molecule has 0 aliphatic carbocycles. The largest absolute Gasteiger partial charge is 0.358 e. The van der Waals surface area contributed by atoms with Crippen molar-refractivity contribution in [3.05, 3.63) is 38.9 Å². The Labute approximate surface area is 120 Å². The number of nitrogens with one attached hydrogen (secondary N) is 1. The van der Waals surface area contributed by atoms with Crippen molar-refractivity contribution in [2.75, 3.05) is 20.1 Å². The van der Waals surface area contributed by atoms with Crippen LogP contribution in [0.4, 0.5) is 5.69 Å². The van der Waals surface area contributed by atoms with Gasteiger partial charge in [0.25, 0.3) is 5.91 Å². The number of amides is 2. The number of hydrogen-bond donors (Lipinski definition) is 1. The minimum Gasteiger partial charge on any atom is -0.358 e. The Morgan fingerprint density at radius 3 is 2.60 bits per heavy atom. The Balaban J connectivity index is 3.16. The van der Waals surface area contributed by atoms with Gasteiger partial charge in [-0.3, -0.25) is 19.7 Å². The van der Waals surface area contributed by atoms with E-state index in [1.807, 2.05) is 0 Å². The quantitative estimate of drug-likeness (QED) is 0.658. The van der Waals surface area contributed by atoms with Gasteiger partial charge in [-0.15, -0.1) is 0 Å². The molecule has 0 aliphatic rings. The van der Waals surface area contributed by atoms with Crippen LogP contribution in [0.1, 0.15) is 17.3 Å². The molecule has 1 aromatic carbocycles. The first-order chi connectivity index (χ1) is 9.42. The molecule has 108 valence electrons. The third kappa shape index (κ3) is 3.45. The smallest absolute Gasteiger partial charge is 0.300 e. The predicted octanol–water partition coefficient (Wildman–Crippen LogP) is 1.46. The zero-order chi connectivity index (χ0) is 15.3. The van der Waals surface area contributed by atoms with Crippen molar-refractivity contribution in [1.29, 1.82) is 0 Å². The Kier molecular flexibility index (Phi) is 5.45. The van der Waals surface area contributed by atoms with Crippen molar-refractivity contribution in [1.82, 2.24) is 10.2 Å². The van der Waals surface area contributed by atoms with Crippen molar-refractivity contribution in [3.8, 4) is 0 Å². The molecule has 0 radical (unpaired) electrons. The summed E-state index contributed by atoms with van der Waals surface area (Å²) in [5.41, 5.74) is -0.581. The zero-order valence-corrected chi connectivity index (χ0v) is 11.8. The van der Waals surface area contributed by atoms with Gasteiger partial charge in [-0.1, -0.05) is 17.7 Å². The van der Waals surface area contributed by atoms with Crippen LogP contribution >= 0.6 is 11.6 Å². The fourth-order valence-corrected chi connectivity index (χ4v) is 1.87. The van der Waals surface area contributed by atoms with E-state index in [4.69, 9.17) is 11.6 Å². The summed E-state index contributed by atoms with van der Waals surface area (Å²) in [5.74, 6) is -0.963. The molecule has 1 rings (SSSR count). The van der Waals surface area contributed by atoms with Crippen LogP contribution in [0.25, 0.3) is 0 Å². The lowest BCUT2D eigenvalue weighted by atomic mass is 10.1. The average molecular weight is 300 g/mol. The number of nitro benzene ring substituents is 1. The highest BCUT2D eigenvalue weighted by molar-refractivity contribution is 6.33. The number of carbonyl (C=O) groups is 2. The molecule has 1 aromatic rings. The molecule has 2 amide bonds. The average Bonchev–Trinajstić information content (AvgIpc) is 2.42. The number of nitrogens with zero attached hydrogens (tertiary/aromatic N) is 2. The molecule has 0 fully saturated rings. The minimum atomic E-state index is -0.705. The zero-order valence-electron chi connectivity index (χ0n) is 11.1. The number of halogens is 1. The Morgan fingerprint density at radius 2 is 2.10 bits per heavy atom. The molecule has 0 aromatic heterocycles. The van der Waals surface area contributed by atoms with E-state index < -0.39 is 16.5 Å². The maximum absolute atomic E-state index is 12.3. The normalized spacial score (nSPS) is 9.95. The van der Waals surface area contributed by atoms with Gasteiger partial charge in [-0.05, 0) is 19.1 Å². The molecule has 0 unspecified atom stereocenters. The lowest BCUT2D eigenvalue weighted by molar-refractivity contribution is -0.385. The second kappa shape index (κ2) is 6.85. The number of likely N-dealkylation sites (N-methyl/N-ethyl adjacent to an activating group) is 2. The van der Waals surface area contributed by atoms with Crippen molar-refractivity contribution >= 4 is 29.1 Å². The van der Waals surface area contributed by atoms with Crippen molar-refractivity contribution in [2.24, 2.45) is 0 Å². The molecule has 0 saturated heterocycles. The maximum atomic E-state index is 12.3. The third-order valence-electron chi connectivity index (χ3n) is 2.68. The third-order valence-corrected chi connectivity index (χ3v) is 2.99. The predicted molar refractivity (Wildman–Crippen MR) is 73.8 cm³/mol. The van der Waals surface area contributed by atoms with Crippen LogP contribution in [-0.2, 0) is 4.79 Å². The summed E-state index contributed by atoms with van der Waals surface area (Å²) < 4.78 is 0. The Hall–Kier alpha value is -2.15. The van der Waals surface area contributed by atoms with E-state index in [-0.39, 0.29) is 29.6 Å². The van der Waals surface area contributed by atoms with Crippen molar-refractivity contribution < 1.29 is 14.5 Å². The van der Waals surface area contributed by atoms with E-state index in [2.05, 4.69) is 5.32 Å². The summed E-state index contributed by atoms with van der Waals surface area (Å²) in [6, 6.07) is 4.11. The first kappa shape index (κ1) is 15.9. The SMILES string of the molecule is CCN(CC(=O)NC)C(=O)c1cccc(Cl)c1[N+](=O)[O-].